The molecule has 36 heavy (non-hydrogen) atoms. The number of anilines is 1. The molecule has 2 atom stereocenters. The number of nitrogens with one attached hydrogen (secondary N) is 1. The fourth-order valence-corrected chi connectivity index (χ4v) is 7.69. The van der Waals surface area contributed by atoms with Gasteiger partial charge in [0, 0.05) is 10.2 Å². The molecular weight excluding hydrogens is 587 g/mol. The topological polar surface area (TPSA) is 66.5 Å². The first-order valence-corrected chi connectivity index (χ1v) is 13.2. The highest BCUT2D eigenvalue weighted by Crippen LogP contribution is 2.69. The molecule has 7 rings (SSSR count). The third-order valence-corrected chi connectivity index (χ3v) is 10.3. The average molecular weight is 605 g/mol. The van der Waals surface area contributed by atoms with Crippen molar-refractivity contribution in [3.63, 3.8) is 0 Å². The molecule has 9 heteroatoms. The van der Waals surface area contributed by atoms with Crippen LogP contribution in [0.5, 0.6) is 0 Å². The van der Waals surface area contributed by atoms with Crippen molar-refractivity contribution in [1.82, 2.24) is 4.90 Å². The number of benzene rings is 3. The van der Waals surface area contributed by atoms with Gasteiger partial charge in [-0.25, -0.2) is 0 Å². The Kier molecular flexibility index (Phi) is 5.37. The molecule has 1 N–H and O–H groups in total. The molecule has 2 bridgehead atoms. The Morgan fingerprint density at radius 2 is 1.33 bits per heavy atom. The van der Waals surface area contributed by atoms with Crippen LogP contribution in [0.15, 0.2) is 65.1 Å². The summed E-state index contributed by atoms with van der Waals surface area (Å²) in [4.78, 5) is 39.1. The van der Waals surface area contributed by atoms with Crippen LogP contribution in [-0.4, -0.2) is 29.2 Å². The second-order valence-corrected chi connectivity index (χ2v) is 11.7. The van der Waals surface area contributed by atoms with Gasteiger partial charge in [-0.05, 0) is 62.8 Å². The number of rotatable bonds is 3. The third-order valence-electron chi connectivity index (χ3n) is 7.59. The minimum absolute atomic E-state index is 0.454. The van der Waals surface area contributed by atoms with Crippen LogP contribution in [0.1, 0.15) is 27.8 Å². The maximum Gasteiger partial charge on any atom is 0.244 e. The van der Waals surface area contributed by atoms with Crippen molar-refractivity contribution in [1.29, 1.82) is 0 Å². The molecule has 3 aromatic carbocycles. The number of likely N-dealkylation sites (tertiary alicyclic amines) is 1. The number of hydrogen-bond donors (Lipinski definition) is 1. The van der Waals surface area contributed by atoms with Crippen LogP contribution < -0.4 is 5.32 Å². The molecule has 1 aliphatic heterocycles. The van der Waals surface area contributed by atoms with Gasteiger partial charge in [-0.3, -0.25) is 19.3 Å². The Morgan fingerprint density at radius 1 is 0.889 bits per heavy atom. The van der Waals surface area contributed by atoms with Crippen LogP contribution in [0, 0.1) is 18.8 Å². The van der Waals surface area contributed by atoms with Gasteiger partial charge in [-0.2, -0.15) is 0 Å². The molecule has 0 spiro atoms. The number of alkyl halides is 2. The van der Waals surface area contributed by atoms with Crippen LogP contribution in [-0.2, 0) is 24.1 Å². The Morgan fingerprint density at radius 3 is 1.78 bits per heavy atom. The van der Waals surface area contributed by atoms with E-state index in [0.29, 0.717) is 43.0 Å². The predicted octanol–water partition coefficient (Wildman–Crippen LogP) is 5.94. The maximum atomic E-state index is 13.8. The highest BCUT2D eigenvalue weighted by molar-refractivity contribution is 9.10. The molecule has 3 aliphatic carbocycles. The van der Waals surface area contributed by atoms with Crippen LogP contribution in [0.25, 0.3) is 0 Å². The number of halogens is 4. The van der Waals surface area contributed by atoms with Gasteiger partial charge < -0.3 is 5.32 Å². The standard InChI is InChI=1S/C27H18BrCl3N2O3/c1-13-19(11-10-18(28)23(13)29)32-20(34)12-33-24(35)21-22(25(33)36)27(31)15-7-3-2-6-14(15)26(21,30)16-8-4-5-9-17(16)27/h2-11,21-22H,12H2,1H3,(H,32,34)/t21-,22-,26?,27?/m1/s1. The van der Waals surface area contributed by atoms with E-state index < -0.39 is 45.9 Å². The van der Waals surface area contributed by atoms with E-state index in [4.69, 9.17) is 34.8 Å². The molecule has 1 saturated heterocycles. The zero-order valence-corrected chi connectivity index (χ0v) is 22.7. The largest absolute Gasteiger partial charge is 0.324 e. The summed E-state index contributed by atoms with van der Waals surface area (Å²) in [5, 5.41) is 3.23. The first kappa shape index (κ1) is 24.0. The van der Waals surface area contributed by atoms with Crippen molar-refractivity contribution in [2.75, 3.05) is 11.9 Å². The lowest BCUT2D eigenvalue weighted by molar-refractivity contribution is -0.142. The van der Waals surface area contributed by atoms with E-state index in [1.807, 2.05) is 48.5 Å². The lowest BCUT2D eigenvalue weighted by Gasteiger charge is -2.54. The summed E-state index contributed by atoms with van der Waals surface area (Å²) in [7, 11) is 0. The molecule has 3 aromatic rings. The lowest BCUT2D eigenvalue weighted by Crippen LogP contribution is -2.57. The van der Waals surface area contributed by atoms with Gasteiger partial charge in [0.1, 0.15) is 16.3 Å². The van der Waals surface area contributed by atoms with Crippen molar-refractivity contribution in [2.45, 2.75) is 16.7 Å². The maximum absolute atomic E-state index is 13.8. The fourth-order valence-electron chi connectivity index (χ4n) is 6.00. The number of imide groups is 1. The van der Waals surface area contributed by atoms with Gasteiger partial charge in [0.25, 0.3) is 0 Å². The van der Waals surface area contributed by atoms with E-state index in [1.54, 1.807) is 19.1 Å². The van der Waals surface area contributed by atoms with Crippen molar-refractivity contribution < 1.29 is 14.4 Å². The van der Waals surface area contributed by atoms with Gasteiger partial charge >= 0.3 is 0 Å². The summed E-state index contributed by atoms with van der Waals surface area (Å²) in [6, 6.07) is 18.2. The lowest BCUT2D eigenvalue weighted by atomic mass is 9.54. The molecule has 1 heterocycles. The summed E-state index contributed by atoms with van der Waals surface area (Å²) < 4.78 is 0.697. The van der Waals surface area contributed by atoms with E-state index in [-0.39, 0.29) is 0 Å². The summed E-state index contributed by atoms with van der Waals surface area (Å²) in [5.74, 6) is -3.41. The molecule has 3 amide bonds. The summed E-state index contributed by atoms with van der Waals surface area (Å²) in [6.45, 7) is 1.31. The predicted molar refractivity (Wildman–Crippen MR) is 142 cm³/mol. The molecule has 0 aromatic heterocycles. The highest BCUT2D eigenvalue weighted by Gasteiger charge is 2.73. The number of hydrogen-bond acceptors (Lipinski definition) is 3. The Hall–Kier alpha value is -2.38. The molecule has 0 unspecified atom stereocenters. The van der Waals surface area contributed by atoms with Crippen molar-refractivity contribution in [3.8, 4) is 0 Å². The van der Waals surface area contributed by atoms with E-state index in [2.05, 4.69) is 21.2 Å². The van der Waals surface area contributed by atoms with E-state index >= 15 is 0 Å². The summed E-state index contributed by atoms with van der Waals surface area (Å²) in [6.07, 6.45) is 0. The van der Waals surface area contributed by atoms with Gasteiger partial charge in [0.15, 0.2) is 0 Å². The first-order valence-electron chi connectivity index (χ1n) is 11.3. The number of carbonyl (C=O) groups is 3. The minimum Gasteiger partial charge on any atom is -0.324 e. The Labute approximate surface area is 230 Å². The molecular formula is C27H18BrCl3N2O3. The van der Waals surface area contributed by atoms with E-state index in [1.165, 1.54) is 0 Å². The normalized spacial score (nSPS) is 27.5. The van der Waals surface area contributed by atoms with Crippen molar-refractivity contribution >= 4 is 74.1 Å². The summed E-state index contributed by atoms with van der Waals surface area (Å²) in [5.41, 5.74) is 4.02. The van der Waals surface area contributed by atoms with Gasteiger partial charge in [-0.15, -0.1) is 23.2 Å². The van der Waals surface area contributed by atoms with Crippen molar-refractivity contribution in [2.24, 2.45) is 11.8 Å². The van der Waals surface area contributed by atoms with Gasteiger partial charge in [-0.1, -0.05) is 60.1 Å². The number of carbonyl (C=O) groups excluding carboxylic acids is 3. The van der Waals surface area contributed by atoms with E-state index in [9.17, 15) is 14.4 Å². The molecule has 182 valence electrons. The Bertz CT molecular complexity index is 1390. The smallest absolute Gasteiger partial charge is 0.244 e. The summed E-state index contributed by atoms with van der Waals surface area (Å²) >= 11 is 24.4. The SMILES string of the molecule is Cc1c(NC(=O)CN2C(=O)[C@H]3[C@H](C2=O)C2(Cl)c4ccccc4C3(Cl)c3ccccc32)ccc(Br)c1Cl. The van der Waals surface area contributed by atoms with Gasteiger partial charge in [0.05, 0.1) is 16.9 Å². The highest BCUT2D eigenvalue weighted by atomic mass is 79.9. The molecule has 0 saturated carbocycles. The van der Waals surface area contributed by atoms with Crippen LogP contribution in [0.4, 0.5) is 5.69 Å². The average Bonchev–Trinajstić information content (AvgIpc) is 3.13. The fraction of sp³-hybridized carbons (Fsp3) is 0.222. The second-order valence-electron chi connectivity index (χ2n) is 9.31. The zero-order valence-electron chi connectivity index (χ0n) is 18.8. The Balaban J connectivity index is 1.40. The first-order chi connectivity index (χ1) is 17.1. The van der Waals surface area contributed by atoms with E-state index in [0.717, 1.165) is 4.90 Å². The van der Waals surface area contributed by atoms with Crippen LogP contribution in [0.3, 0.4) is 0 Å². The molecule has 5 nitrogen and oxygen atoms in total. The zero-order chi connectivity index (χ0) is 25.6. The molecule has 0 radical (unpaired) electrons. The second kappa shape index (κ2) is 8.06. The monoisotopic (exact) mass is 602 g/mol. The molecule has 4 aliphatic rings. The molecule has 1 fully saturated rings. The van der Waals surface area contributed by atoms with Gasteiger partial charge in [0.2, 0.25) is 17.7 Å². The number of amides is 3. The van der Waals surface area contributed by atoms with Crippen LogP contribution in [0.2, 0.25) is 5.02 Å². The quantitative estimate of drug-likeness (QED) is 0.297. The van der Waals surface area contributed by atoms with Crippen LogP contribution >= 0.6 is 50.7 Å². The number of nitrogens with zero attached hydrogens (tertiary/aromatic N) is 1. The van der Waals surface area contributed by atoms with Crippen molar-refractivity contribution in [3.05, 3.63) is 98.0 Å². The third kappa shape index (κ3) is 2.93. The minimum atomic E-state index is -1.28.